The molecule has 0 bridgehead atoms. The van der Waals surface area contributed by atoms with Gasteiger partial charge >= 0.3 is 0 Å². The molecule has 1 aromatic carbocycles. The van der Waals surface area contributed by atoms with E-state index in [1.807, 2.05) is 0 Å². The monoisotopic (exact) mass is 182 g/mol. The van der Waals surface area contributed by atoms with Crippen molar-refractivity contribution in [2.75, 3.05) is 6.61 Å². The predicted octanol–water partition coefficient (Wildman–Crippen LogP) is 2.06. The number of phenols is 1. The number of hydrogen-bond acceptors (Lipinski definition) is 2. The molecular weight excluding hydrogens is 176 g/mol. The zero-order chi connectivity index (χ0) is 8.97. The third-order valence-corrected chi connectivity index (χ3v) is 1.40. The predicted molar refractivity (Wildman–Crippen MR) is 47.4 cm³/mol. The number of terminal acetylenes is 1. The summed E-state index contributed by atoms with van der Waals surface area (Å²) in [6.45, 7) is 0.166. The average molecular weight is 183 g/mol. The SMILES string of the molecule is C#CCOc1cc(O)cc(Cl)c1. The van der Waals surface area contributed by atoms with Crippen LogP contribution in [0, 0.1) is 12.3 Å². The Kier molecular flexibility index (Phi) is 2.84. The van der Waals surface area contributed by atoms with Crippen LogP contribution < -0.4 is 4.74 Å². The molecular formula is C9H7ClO2. The fourth-order valence-electron chi connectivity index (χ4n) is 0.756. The van der Waals surface area contributed by atoms with E-state index in [2.05, 4.69) is 5.92 Å². The van der Waals surface area contributed by atoms with Gasteiger partial charge in [-0.15, -0.1) is 6.42 Å². The number of ether oxygens (including phenoxy) is 1. The van der Waals surface area contributed by atoms with Crippen molar-refractivity contribution < 1.29 is 9.84 Å². The van der Waals surface area contributed by atoms with E-state index in [0.717, 1.165) is 0 Å². The van der Waals surface area contributed by atoms with Crippen LogP contribution in [0.5, 0.6) is 11.5 Å². The zero-order valence-electron chi connectivity index (χ0n) is 6.25. The van der Waals surface area contributed by atoms with E-state index in [1.54, 1.807) is 6.07 Å². The lowest BCUT2D eigenvalue weighted by molar-refractivity contribution is 0.367. The summed E-state index contributed by atoms with van der Waals surface area (Å²) in [4.78, 5) is 0. The van der Waals surface area contributed by atoms with E-state index >= 15 is 0 Å². The molecule has 0 heterocycles. The molecule has 1 aromatic rings. The van der Waals surface area contributed by atoms with Gasteiger partial charge in [0.15, 0.2) is 0 Å². The highest BCUT2D eigenvalue weighted by Crippen LogP contribution is 2.24. The molecule has 12 heavy (non-hydrogen) atoms. The molecule has 0 spiro atoms. The lowest BCUT2D eigenvalue weighted by atomic mass is 10.3. The van der Waals surface area contributed by atoms with Gasteiger partial charge in [-0.25, -0.2) is 0 Å². The summed E-state index contributed by atoms with van der Waals surface area (Å²) in [5, 5.41) is 9.50. The molecule has 0 aliphatic carbocycles. The van der Waals surface area contributed by atoms with Crippen LogP contribution in [-0.2, 0) is 0 Å². The summed E-state index contributed by atoms with van der Waals surface area (Å²) in [5.74, 6) is 2.84. The van der Waals surface area contributed by atoms with Crippen LogP contribution in [0.2, 0.25) is 5.02 Å². The third kappa shape index (κ3) is 2.37. The molecule has 0 saturated carbocycles. The number of hydrogen-bond donors (Lipinski definition) is 1. The van der Waals surface area contributed by atoms with Crippen molar-refractivity contribution in [1.29, 1.82) is 0 Å². The zero-order valence-corrected chi connectivity index (χ0v) is 7.01. The minimum Gasteiger partial charge on any atom is -0.508 e. The highest BCUT2D eigenvalue weighted by Gasteiger charge is 1.97. The summed E-state index contributed by atoms with van der Waals surface area (Å²) in [5.41, 5.74) is 0. The van der Waals surface area contributed by atoms with Gasteiger partial charge in [0.05, 0.1) is 0 Å². The molecule has 62 valence electrons. The Morgan fingerprint density at radius 2 is 2.25 bits per heavy atom. The van der Waals surface area contributed by atoms with E-state index < -0.39 is 0 Å². The van der Waals surface area contributed by atoms with E-state index in [-0.39, 0.29) is 12.4 Å². The van der Waals surface area contributed by atoms with Crippen LogP contribution in [0.4, 0.5) is 0 Å². The van der Waals surface area contributed by atoms with E-state index in [1.165, 1.54) is 12.1 Å². The van der Waals surface area contributed by atoms with Crippen LogP contribution in [0.15, 0.2) is 18.2 Å². The summed E-state index contributed by atoms with van der Waals surface area (Å²) in [6.07, 6.45) is 4.98. The molecule has 0 radical (unpaired) electrons. The molecule has 0 aliphatic rings. The van der Waals surface area contributed by atoms with Gasteiger partial charge in [0.25, 0.3) is 0 Å². The van der Waals surface area contributed by atoms with E-state index in [0.29, 0.717) is 10.8 Å². The summed E-state index contributed by atoms with van der Waals surface area (Å²) in [7, 11) is 0. The first-order valence-corrected chi connectivity index (χ1v) is 3.66. The Morgan fingerprint density at radius 1 is 1.50 bits per heavy atom. The Morgan fingerprint density at radius 3 is 2.83 bits per heavy atom. The second-order valence-corrected chi connectivity index (χ2v) is 2.57. The largest absolute Gasteiger partial charge is 0.508 e. The van der Waals surface area contributed by atoms with Crippen molar-refractivity contribution in [3.05, 3.63) is 23.2 Å². The minimum atomic E-state index is 0.0644. The normalized spacial score (nSPS) is 9.00. The maximum Gasteiger partial charge on any atom is 0.148 e. The van der Waals surface area contributed by atoms with Crippen molar-refractivity contribution in [3.8, 4) is 23.8 Å². The molecule has 2 nitrogen and oxygen atoms in total. The van der Waals surface area contributed by atoms with Gasteiger partial charge in [0.1, 0.15) is 18.1 Å². The fraction of sp³-hybridized carbons (Fsp3) is 0.111. The van der Waals surface area contributed by atoms with Crippen LogP contribution in [-0.4, -0.2) is 11.7 Å². The summed E-state index contributed by atoms with van der Waals surface area (Å²) >= 11 is 5.64. The van der Waals surface area contributed by atoms with Crippen molar-refractivity contribution in [2.45, 2.75) is 0 Å². The van der Waals surface area contributed by atoms with Crippen LogP contribution in [0.3, 0.4) is 0 Å². The number of benzene rings is 1. The Bertz CT molecular complexity index is 295. The molecule has 0 aromatic heterocycles. The molecule has 1 rings (SSSR count). The number of rotatable bonds is 2. The topological polar surface area (TPSA) is 29.5 Å². The second-order valence-electron chi connectivity index (χ2n) is 2.14. The van der Waals surface area contributed by atoms with Gasteiger partial charge in [-0.3, -0.25) is 0 Å². The maximum atomic E-state index is 9.08. The van der Waals surface area contributed by atoms with Crippen LogP contribution >= 0.6 is 11.6 Å². The number of phenolic OH excluding ortho intramolecular Hbond substituents is 1. The molecule has 3 heteroatoms. The standard InChI is InChI=1S/C9H7ClO2/c1-2-3-12-9-5-7(10)4-8(11)6-9/h1,4-6,11H,3H2. The highest BCUT2D eigenvalue weighted by molar-refractivity contribution is 6.30. The van der Waals surface area contributed by atoms with Gasteiger partial charge in [-0.05, 0) is 12.1 Å². The quantitative estimate of drug-likeness (QED) is 0.710. The van der Waals surface area contributed by atoms with Gasteiger partial charge in [-0.1, -0.05) is 17.5 Å². The van der Waals surface area contributed by atoms with Gasteiger partial charge in [0.2, 0.25) is 0 Å². The Hall–Kier alpha value is -1.33. The van der Waals surface area contributed by atoms with Crippen molar-refractivity contribution >= 4 is 11.6 Å². The van der Waals surface area contributed by atoms with Crippen LogP contribution in [0.1, 0.15) is 0 Å². The first-order valence-electron chi connectivity index (χ1n) is 3.28. The Balaban J connectivity index is 2.80. The van der Waals surface area contributed by atoms with E-state index in [9.17, 15) is 0 Å². The summed E-state index contributed by atoms with van der Waals surface area (Å²) in [6, 6.07) is 4.45. The maximum absolute atomic E-state index is 9.08. The molecule has 0 amide bonds. The van der Waals surface area contributed by atoms with Crippen LogP contribution in [0.25, 0.3) is 0 Å². The number of halogens is 1. The first-order chi connectivity index (χ1) is 5.72. The minimum absolute atomic E-state index is 0.0644. The lowest BCUT2D eigenvalue weighted by Crippen LogP contribution is -1.92. The second kappa shape index (κ2) is 3.89. The molecule has 0 aliphatic heterocycles. The highest BCUT2D eigenvalue weighted by atomic mass is 35.5. The molecule has 0 fully saturated rings. The average Bonchev–Trinajstić information content (AvgIpc) is 1.99. The summed E-state index contributed by atoms with van der Waals surface area (Å²) < 4.78 is 5.04. The van der Waals surface area contributed by atoms with Gasteiger partial charge < -0.3 is 9.84 Å². The fourth-order valence-corrected chi connectivity index (χ4v) is 0.976. The van der Waals surface area contributed by atoms with Crippen molar-refractivity contribution in [3.63, 3.8) is 0 Å². The van der Waals surface area contributed by atoms with Gasteiger partial charge in [-0.2, -0.15) is 0 Å². The molecule has 0 saturated heterocycles. The molecule has 0 unspecified atom stereocenters. The number of aromatic hydroxyl groups is 1. The molecule has 1 N–H and O–H groups in total. The van der Waals surface area contributed by atoms with Crippen molar-refractivity contribution in [2.24, 2.45) is 0 Å². The van der Waals surface area contributed by atoms with Crippen molar-refractivity contribution in [1.82, 2.24) is 0 Å². The lowest BCUT2D eigenvalue weighted by Gasteiger charge is -2.02. The smallest absolute Gasteiger partial charge is 0.148 e. The molecule has 0 atom stereocenters. The third-order valence-electron chi connectivity index (χ3n) is 1.18. The first kappa shape index (κ1) is 8.76. The van der Waals surface area contributed by atoms with E-state index in [4.69, 9.17) is 27.9 Å². The Labute approximate surface area is 75.7 Å². The van der Waals surface area contributed by atoms with Gasteiger partial charge in [0, 0.05) is 11.1 Å².